The van der Waals surface area contributed by atoms with Crippen LogP contribution in [0.5, 0.6) is 0 Å². The molecule has 19 heavy (non-hydrogen) atoms. The molecule has 2 fully saturated rings. The van der Waals surface area contributed by atoms with Crippen LogP contribution < -0.4 is 5.32 Å². The second-order valence-electron chi connectivity index (χ2n) is 6.15. The van der Waals surface area contributed by atoms with E-state index in [2.05, 4.69) is 5.32 Å². The number of rotatable bonds is 8. The van der Waals surface area contributed by atoms with E-state index in [1.807, 2.05) is 18.7 Å². The van der Waals surface area contributed by atoms with Crippen LogP contribution in [0.15, 0.2) is 0 Å². The molecule has 0 unspecified atom stereocenters. The largest absolute Gasteiger partial charge is 0.387 e. The van der Waals surface area contributed by atoms with Gasteiger partial charge in [0.25, 0.3) is 0 Å². The quantitative estimate of drug-likeness (QED) is 0.626. The summed E-state index contributed by atoms with van der Waals surface area (Å²) in [4.78, 5) is 13.7. The van der Waals surface area contributed by atoms with Crippen LogP contribution in [0.1, 0.15) is 33.1 Å². The number of nitrogens with zero attached hydrogens (tertiary/aromatic N) is 1. The van der Waals surface area contributed by atoms with Gasteiger partial charge in [0.05, 0.1) is 18.2 Å². The Kier molecular flexibility index (Phi) is 4.81. The Morgan fingerprint density at radius 3 is 2.74 bits per heavy atom. The second kappa shape index (κ2) is 6.20. The monoisotopic (exact) mass is 270 g/mol. The van der Waals surface area contributed by atoms with Crippen molar-refractivity contribution in [2.24, 2.45) is 5.92 Å². The van der Waals surface area contributed by atoms with Gasteiger partial charge in [0.1, 0.15) is 0 Å². The first kappa shape index (κ1) is 14.8. The molecule has 0 bridgehead atoms. The molecule has 2 rings (SSSR count). The van der Waals surface area contributed by atoms with Crippen molar-refractivity contribution in [3.05, 3.63) is 0 Å². The summed E-state index contributed by atoms with van der Waals surface area (Å²) in [7, 11) is 0. The Hall–Kier alpha value is -0.650. The fraction of sp³-hybridized carbons (Fsp3) is 0.929. The molecule has 1 saturated carbocycles. The van der Waals surface area contributed by atoms with Crippen LogP contribution in [0.2, 0.25) is 0 Å². The topological polar surface area (TPSA) is 61.8 Å². The van der Waals surface area contributed by atoms with E-state index in [1.54, 1.807) is 0 Å². The van der Waals surface area contributed by atoms with Crippen molar-refractivity contribution in [2.45, 2.75) is 44.8 Å². The zero-order valence-electron chi connectivity index (χ0n) is 12.0. The fourth-order valence-corrected chi connectivity index (χ4v) is 2.60. The summed E-state index contributed by atoms with van der Waals surface area (Å²) in [5.74, 6) is 0.530. The SMILES string of the molecule is CC(C)OCCCNC(=O)CN1CC(O)(C2CC2)C1. The van der Waals surface area contributed by atoms with Crippen LogP contribution in [-0.4, -0.2) is 60.4 Å². The molecule has 110 valence electrons. The second-order valence-corrected chi connectivity index (χ2v) is 6.15. The predicted molar refractivity (Wildman–Crippen MR) is 72.8 cm³/mol. The molecule has 1 aliphatic carbocycles. The number of hydrogen-bond acceptors (Lipinski definition) is 4. The molecular formula is C14H26N2O3. The molecule has 0 aromatic carbocycles. The van der Waals surface area contributed by atoms with E-state index in [9.17, 15) is 9.90 Å². The van der Waals surface area contributed by atoms with Gasteiger partial charge in [-0.3, -0.25) is 9.69 Å². The molecule has 2 aliphatic rings. The highest BCUT2D eigenvalue weighted by molar-refractivity contribution is 5.78. The zero-order valence-corrected chi connectivity index (χ0v) is 12.0. The number of ether oxygens (including phenoxy) is 1. The molecule has 0 aromatic rings. The van der Waals surface area contributed by atoms with Crippen LogP contribution in [0.25, 0.3) is 0 Å². The third-order valence-corrected chi connectivity index (χ3v) is 3.79. The van der Waals surface area contributed by atoms with Crippen molar-refractivity contribution < 1.29 is 14.6 Å². The van der Waals surface area contributed by atoms with E-state index in [1.165, 1.54) is 0 Å². The maximum atomic E-state index is 11.7. The summed E-state index contributed by atoms with van der Waals surface area (Å²) in [5.41, 5.74) is -0.495. The lowest BCUT2D eigenvalue weighted by molar-refractivity contribution is -0.136. The molecule has 1 saturated heterocycles. The van der Waals surface area contributed by atoms with Crippen molar-refractivity contribution in [2.75, 3.05) is 32.8 Å². The van der Waals surface area contributed by atoms with E-state index >= 15 is 0 Å². The average molecular weight is 270 g/mol. The normalized spacial score (nSPS) is 22.3. The van der Waals surface area contributed by atoms with E-state index in [4.69, 9.17) is 4.74 Å². The number of amides is 1. The summed E-state index contributed by atoms with van der Waals surface area (Å²) in [5, 5.41) is 13.0. The summed E-state index contributed by atoms with van der Waals surface area (Å²) >= 11 is 0. The van der Waals surface area contributed by atoms with Crippen LogP contribution in [0.3, 0.4) is 0 Å². The number of hydrogen-bond donors (Lipinski definition) is 2. The molecule has 5 nitrogen and oxygen atoms in total. The molecule has 1 heterocycles. The Bertz CT molecular complexity index is 310. The van der Waals surface area contributed by atoms with Gasteiger partial charge in [-0.2, -0.15) is 0 Å². The fourth-order valence-electron chi connectivity index (χ4n) is 2.60. The molecular weight excluding hydrogens is 244 g/mol. The molecule has 0 spiro atoms. The van der Waals surface area contributed by atoms with Crippen LogP contribution in [0, 0.1) is 5.92 Å². The van der Waals surface area contributed by atoms with Gasteiger partial charge >= 0.3 is 0 Å². The van der Waals surface area contributed by atoms with Gasteiger partial charge in [-0.05, 0) is 39.0 Å². The van der Waals surface area contributed by atoms with Crippen molar-refractivity contribution >= 4 is 5.91 Å². The number of carbonyl (C=O) groups is 1. The predicted octanol–water partition coefficient (Wildman–Crippen LogP) is 0.374. The average Bonchev–Trinajstić information content (AvgIpc) is 3.09. The van der Waals surface area contributed by atoms with E-state index in [0.29, 0.717) is 38.7 Å². The highest BCUT2D eigenvalue weighted by Crippen LogP contribution is 2.44. The first-order valence-electron chi connectivity index (χ1n) is 7.32. The lowest BCUT2D eigenvalue weighted by atomic mass is 9.89. The van der Waals surface area contributed by atoms with Crippen LogP contribution in [0.4, 0.5) is 0 Å². The van der Waals surface area contributed by atoms with Crippen molar-refractivity contribution in [1.29, 1.82) is 0 Å². The van der Waals surface area contributed by atoms with Gasteiger partial charge < -0.3 is 15.2 Å². The molecule has 1 aliphatic heterocycles. The zero-order chi connectivity index (χ0) is 13.9. The maximum absolute atomic E-state index is 11.7. The van der Waals surface area contributed by atoms with Crippen molar-refractivity contribution in [3.63, 3.8) is 0 Å². The lowest BCUT2D eigenvalue weighted by Gasteiger charge is -2.46. The Balaban J connectivity index is 1.49. The molecule has 0 radical (unpaired) electrons. The molecule has 0 aromatic heterocycles. The third-order valence-electron chi connectivity index (χ3n) is 3.79. The number of likely N-dealkylation sites (tertiary alicyclic amines) is 1. The van der Waals surface area contributed by atoms with Gasteiger partial charge in [-0.1, -0.05) is 0 Å². The number of β-amino-alcohol motifs (C(OH)–C–C–N with tert-alkyl or cyclic N) is 1. The van der Waals surface area contributed by atoms with Crippen LogP contribution in [-0.2, 0) is 9.53 Å². The van der Waals surface area contributed by atoms with Gasteiger partial charge in [-0.25, -0.2) is 0 Å². The standard InChI is InChI=1S/C14H26N2O3/c1-11(2)19-7-3-6-15-13(17)8-16-9-14(18,10-16)12-4-5-12/h11-12,18H,3-10H2,1-2H3,(H,15,17). The maximum Gasteiger partial charge on any atom is 0.234 e. The minimum atomic E-state index is -0.495. The van der Waals surface area contributed by atoms with Crippen molar-refractivity contribution in [1.82, 2.24) is 10.2 Å². The number of carbonyl (C=O) groups excluding carboxylic acids is 1. The number of nitrogens with one attached hydrogen (secondary N) is 1. The summed E-state index contributed by atoms with van der Waals surface area (Å²) in [6.45, 7) is 7.06. The first-order chi connectivity index (χ1) is 8.99. The minimum Gasteiger partial charge on any atom is -0.387 e. The molecule has 0 atom stereocenters. The van der Waals surface area contributed by atoms with Gasteiger partial charge in [-0.15, -0.1) is 0 Å². The number of aliphatic hydroxyl groups is 1. The van der Waals surface area contributed by atoms with E-state index in [0.717, 1.165) is 19.3 Å². The van der Waals surface area contributed by atoms with E-state index in [-0.39, 0.29) is 12.0 Å². The van der Waals surface area contributed by atoms with Crippen molar-refractivity contribution in [3.8, 4) is 0 Å². The Morgan fingerprint density at radius 2 is 2.16 bits per heavy atom. The summed E-state index contributed by atoms with van der Waals surface area (Å²) in [6, 6.07) is 0. The highest BCUT2D eigenvalue weighted by Gasteiger charge is 2.51. The third kappa shape index (κ3) is 4.44. The van der Waals surface area contributed by atoms with Crippen LogP contribution >= 0.6 is 0 Å². The van der Waals surface area contributed by atoms with Gasteiger partial charge in [0.2, 0.25) is 5.91 Å². The Morgan fingerprint density at radius 1 is 1.47 bits per heavy atom. The molecule has 5 heteroatoms. The Labute approximate surface area is 115 Å². The molecule has 2 N–H and O–H groups in total. The summed E-state index contributed by atoms with van der Waals surface area (Å²) in [6.07, 6.45) is 3.38. The van der Waals surface area contributed by atoms with Gasteiger partial charge in [0, 0.05) is 26.2 Å². The smallest absolute Gasteiger partial charge is 0.234 e. The van der Waals surface area contributed by atoms with Gasteiger partial charge in [0.15, 0.2) is 0 Å². The first-order valence-corrected chi connectivity index (χ1v) is 7.32. The summed E-state index contributed by atoms with van der Waals surface area (Å²) < 4.78 is 5.40. The highest BCUT2D eigenvalue weighted by atomic mass is 16.5. The minimum absolute atomic E-state index is 0.0439. The molecule has 1 amide bonds. The lowest BCUT2D eigenvalue weighted by Crippen LogP contribution is -2.64. The van der Waals surface area contributed by atoms with E-state index < -0.39 is 5.60 Å².